The van der Waals surface area contributed by atoms with Gasteiger partial charge in [0.25, 0.3) is 0 Å². The van der Waals surface area contributed by atoms with E-state index in [1.807, 2.05) is 0 Å². The number of alkyl halides is 3. The van der Waals surface area contributed by atoms with E-state index in [9.17, 15) is 18.0 Å². The van der Waals surface area contributed by atoms with E-state index in [0.29, 0.717) is 0 Å². The van der Waals surface area contributed by atoms with Crippen LogP contribution in [0.1, 0.15) is 53.8 Å². The lowest BCUT2D eigenvalue weighted by atomic mass is 9.81. The minimum Gasteiger partial charge on any atom is -0.462 e. The largest absolute Gasteiger partial charge is 0.462 e. The molecule has 1 saturated carbocycles. The smallest absolute Gasteiger partial charge is 0.433 e. The molecule has 6 heteroatoms. The van der Waals surface area contributed by atoms with Crippen molar-refractivity contribution in [1.82, 2.24) is 4.98 Å². The van der Waals surface area contributed by atoms with Gasteiger partial charge in [0.05, 0.1) is 17.9 Å². The van der Waals surface area contributed by atoms with Gasteiger partial charge in [0.1, 0.15) is 5.69 Å². The van der Waals surface area contributed by atoms with Crippen molar-refractivity contribution in [1.29, 1.82) is 0 Å². The molecule has 0 aliphatic heterocycles. The van der Waals surface area contributed by atoms with Crippen LogP contribution in [-0.2, 0) is 10.9 Å². The van der Waals surface area contributed by atoms with Crippen LogP contribution in [0.5, 0.6) is 0 Å². The second-order valence-electron chi connectivity index (χ2n) is 4.48. The van der Waals surface area contributed by atoms with Gasteiger partial charge in [-0.05, 0) is 31.9 Å². The van der Waals surface area contributed by atoms with E-state index in [1.165, 1.54) is 6.07 Å². The average molecular weight is 273 g/mol. The zero-order valence-corrected chi connectivity index (χ0v) is 10.5. The zero-order chi connectivity index (χ0) is 14.0. The van der Waals surface area contributed by atoms with E-state index in [0.717, 1.165) is 25.3 Å². The highest BCUT2D eigenvalue weighted by Gasteiger charge is 2.35. The van der Waals surface area contributed by atoms with E-state index < -0.39 is 17.8 Å². The number of carbonyl (C=O) groups is 1. The van der Waals surface area contributed by atoms with Crippen LogP contribution >= 0.6 is 0 Å². The van der Waals surface area contributed by atoms with Gasteiger partial charge in [-0.3, -0.25) is 0 Å². The molecular weight excluding hydrogens is 259 g/mol. The molecule has 0 amide bonds. The Morgan fingerprint density at radius 1 is 1.42 bits per heavy atom. The summed E-state index contributed by atoms with van der Waals surface area (Å²) in [5.74, 6) is -0.674. The lowest BCUT2D eigenvalue weighted by molar-refractivity contribution is -0.141. The van der Waals surface area contributed by atoms with E-state index in [4.69, 9.17) is 4.74 Å². The van der Waals surface area contributed by atoms with Crippen LogP contribution in [0.2, 0.25) is 0 Å². The first-order valence-electron chi connectivity index (χ1n) is 6.18. The highest BCUT2D eigenvalue weighted by Crippen LogP contribution is 2.38. The van der Waals surface area contributed by atoms with Crippen molar-refractivity contribution in [2.45, 2.75) is 38.3 Å². The number of nitrogens with zero attached hydrogens (tertiary/aromatic N) is 1. The van der Waals surface area contributed by atoms with E-state index in [2.05, 4.69) is 4.98 Å². The third-order valence-corrected chi connectivity index (χ3v) is 3.20. The number of pyridine rings is 1. The summed E-state index contributed by atoms with van der Waals surface area (Å²) < 4.78 is 42.8. The topological polar surface area (TPSA) is 39.2 Å². The highest BCUT2D eigenvalue weighted by atomic mass is 19.4. The molecular formula is C13H14F3NO2. The molecule has 1 fully saturated rings. The normalized spacial score (nSPS) is 16.0. The maximum absolute atomic E-state index is 12.7. The van der Waals surface area contributed by atoms with Crippen LogP contribution in [0, 0.1) is 0 Å². The summed E-state index contributed by atoms with van der Waals surface area (Å²) in [7, 11) is 0. The molecule has 0 unspecified atom stereocenters. The Bertz CT molecular complexity index is 481. The Hall–Kier alpha value is -1.59. The van der Waals surface area contributed by atoms with Crippen molar-refractivity contribution in [3.05, 3.63) is 29.1 Å². The molecule has 19 heavy (non-hydrogen) atoms. The summed E-state index contributed by atoms with van der Waals surface area (Å²) >= 11 is 0. The molecule has 3 nitrogen and oxygen atoms in total. The molecule has 1 heterocycles. The molecule has 0 bridgehead atoms. The van der Waals surface area contributed by atoms with Gasteiger partial charge in [-0.2, -0.15) is 13.2 Å². The molecule has 0 N–H and O–H groups in total. The van der Waals surface area contributed by atoms with Crippen molar-refractivity contribution < 1.29 is 22.7 Å². The molecule has 0 spiro atoms. The minimum absolute atomic E-state index is 0.0679. The van der Waals surface area contributed by atoms with Crippen LogP contribution in [0.4, 0.5) is 13.2 Å². The Morgan fingerprint density at radius 3 is 2.58 bits per heavy atom. The number of rotatable bonds is 3. The van der Waals surface area contributed by atoms with Crippen molar-refractivity contribution >= 4 is 5.97 Å². The van der Waals surface area contributed by atoms with Gasteiger partial charge in [-0.25, -0.2) is 9.78 Å². The maximum Gasteiger partial charge on any atom is 0.433 e. The second-order valence-corrected chi connectivity index (χ2v) is 4.48. The zero-order valence-electron chi connectivity index (χ0n) is 10.5. The van der Waals surface area contributed by atoms with Crippen LogP contribution in [-0.4, -0.2) is 17.6 Å². The van der Waals surface area contributed by atoms with Gasteiger partial charge in [-0.15, -0.1) is 0 Å². The van der Waals surface area contributed by atoms with Gasteiger partial charge >= 0.3 is 12.1 Å². The third kappa shape index (κ3) is 2.88. The minimum atomic E-state index is -4.49. The summed E-state index contributed by atoms with van der Waals surface area (Å²) in [6, 6.07) is 2.00. The molecule has 0 aromatic carbocycles. The first-order valence-corrected chi connectivity index (χ1v) is 6.18. The molecule has 0 saturated heterocycles. The number of hydrogen-bond donors (Lipinski definition) is 0. The molecule has 1 aromatic rings. The van der Waals surface area contributed by atoms with Crippen LogP contribution in [0.15, 0.2) is 12.1 Å². The van der Waals surface area contributed by atoms with Gasteiger partial charge < -0.3 is 4.74 Å². The Morgan fingerprint density at radius 2 is 2.11 bits per heavy atom. The van der Waals surface area contributed by atoms with E-state index in [-0.39, 0.29) is 23.8 Å². The first-order chi connectivity index (χ1) is 8.93. The predicted molar refractivity (Wildman–Crippen MR) is 61.8 cm³/mol. The number of carbonyl (C=O) groups excluding carboxylic acids is 1. The summed E-state index contributed by atoms with van der Waals surface area (Å²) in [6.45, 7) is 1.84. The maximum atomic E-state index is 12.7. The highest BCUT2D eigenvalue weighted by molar-refractivity contribution is 5.90. The number of esters is 1. The molecule has 1 aromatic heterocycles. The monoisotopic (exact) mass is 273 g/mol. The molecule has 1 aliphatic rings. The average Bonchev–Trinajstić information content (AvgIpc) is 2.25. The number of aromatic nitrogens is 1. The first kappa shape index (κ1) is 13.8. The number of halogens is 3. The number of ether oxygens (including phenoxy) is 1. The van der Waals surface area contributed by atoms with Crippen molar-refractivity contribution in [2.24, 2.45) is 0 Å². The van der Waals surface area contributed by atoms with E-state index >= 15 is 0 Å². The fourth-order valence-corrected chi connectivity index (χ4v) is 2.01. The van der Waals surface area contributed by atoms with E-state index in [1.54, 1.807) is 6.92 Å². The lowest BCUT2D eigenvalue weighted by Crippen LogP contribution is -2.20. The molecule has 2 rings (SSSR count). The predicted octanol–water partition coefficient (Wildman–Crippen LogP) is 3.54. The summed E-state index contributed by atoms with van der Waals surface area (Å²) in [5, 5.41) is 0. The van der Waals surface area contributed by atoms with Crippen LogP contribution in [0.25, 0.3) is 0 Å². The Kier molecular flexibility index (Phi) is 3.78. The summed E-state index contributed by atoms with van der Waals surface area (Å²) in [4.78, 5) is 15.4. The van der Waals surface area contributed by atoms with Crippen LogP contribution in [0.3, 0.4) is 0 Å². The quantitative estimate of drug-likeness (QED) is 0.791. The molecule has 0 atom stereocenters. The Labute approximate surface area is 108 Å². The molecule has 104 valence electrons. The van der Waals surface area contributed by atoms with Crippen molar-refractivity contribution in [3.8, 4) is 0 Å². The van der Waals surface area contributed by atoms with Gasteiger partial charge in [0.2, 0.25) is 0 Å². The van der Waals surface area contributed by atoms with Crippen LogP contribution < -0.4 is 0 Å². The molecule has 0 radical (unpaired) electrons. The Balaban J connectivity index is 2.40. The standard InChI is InChI=1S/C13H14F3NO2/c1-2-19-12(18)9-6-7-10(13(14,15)16)17-11(9)8-4-3-5-8/h6-8H,2-5H2,1H3. The van der Waals surface area contributed by atoms with Gasteiger partial charge in [0, 0.05) is 5.92 Å². The van der Waals surface area contributed by atoms with Crippen molar-refractivity contribution in [2.75, 3.05) is 6.61 Å². The van der Waals surface area contributed by atoms with Crippen molar-refractivity contribution in [3.63, 3.8) is 0 Å². The van der Waals surface area contributed by atoms with Gasteiger partial charge in [-0.1, -0.05) is 6.42 Å². The summed E-state index contributed by atoms with van der Waals surface area (Å²) in [6.07, 6.45) is -2.02. The second kappa shape index (κ2) is 5.19. The molecule has 1 aliphatic carbocycles. The SMILES string of the molecule is CCOC(=O)c1ccc(C(F)(F)F)nc1C1CCC1. The fraction of sp³-hybridized carbons (Fsp3) is 0.538. The summed E-state index contributed by atoms with van der Waals surface area (Å²) in [5.41, 5.74) is -0.582. The lowest BCUT2D eigenvalue weighted by Gasteiger charge is -2.26. The fourth-order valence-electron chi connectivity index (χ4n) is 2.01. The van der Waals surface area contributed by atoms with Gasteiger partial charge in [0.15, 0.2) is 0 Å². The number of hydrogen-bond acceptors (Lipinski definition) is 3. The third-order valence-electron chi connectivity index (χ3n) is 3.20.